The van der Waals surface area contributed by atoms with Gasteiger partial charge in [-0.15, -0.1) is 0 Å². The van der Waals surface area contributed by atoms with Crippen LogP contribution in [0.3, 0.4) is 0 Å². The van der Waals surface area contributed by atoms with Crippen molar-refractivity contribution in [2.24, 2.45) is 5.41 Å². The van der Waals surface area contributed by atoms with E-state index in [1.54, 1.807) is 4.90 Å². The number of aliphatic hydroxyl groups excluding tert-OH is 1. The molecule has 0 unspecified atom stereocenters. The summed E-state index contributed by atoms with van der Waals surface area (Å²) in [6, 6.07) is 7.92. The zero-order chi connectivity index (χ0) is 18.1. The van der Waals surface area contributed by atoms with Gasteiger partial charge in [0.1, 0.15) is 0 Å². The Morgan fingerprint density at radius 2 is 1.92 bits per heavy atom. The standard InChI is InChI=1S/C20H28N2O3/c1-3-19(4-2,11-12-23)13-21-17(24)18(25)22-14-20(9-10-20)15-7-5-6-8-16(15)22/h5-8,23H,3-4,9-14H2,1-2H3,(H,21,24). The summed E-state index contributed by atoms with van der Waals surface area (Å²) in [5.41, 5.74) is 2.02. The Morgan fingerprint density at radius 1 is 1.24 bits per heavy atom. The first kappa shape index (κ1) is 17.9. The number of anilines is 1. The van der Waals surface area contributed by atoms with Crippen molar-refractivity contribution >= 4 is 17.5 Å². The lowest BCUT2D eigenvalue weighted by molar-refractivity contribution is -0.138. The molecule has 2 amide bonds. The van der Waals surface area contributed by atoms with Gasteiger partial charge in [0.15, 0.2) is 0 Å². The number of carbonyl (C=O) groups excluding carboxylic acids is 2. The van der Waals surface area contributed by atoms with Gasteiger partial charge in [-0.3, -0.25) is 9.59 Å². The summed E-state index contributed by atoms with van der Waals surface area (Å²) in [6.07, 6.45) is 4.51. The summed E-state index contributed by atoms with van der Waals surface area (Å²) >= 11 is 0. The number of nitrogens with zero attached hydrogens (tertiary/aromatic N) is 1. The lowest BCUT2D eigenvalue weighted by Crippen LogP contribution is -2.46. The number of nitrogens with one attached hydrogen (secondary N) is 1. The van der Waals surface area contributed by atoms with E-state index >= 15 is 0 Å². The number of hydrogen-bond donors (Lipinski definition) is 2. The van der Waals surface area contributed by atoms with E-state index in [0.29, 0.717) is 19.5 Å². The number of benzene rings is 1. The van der Waals surface area contributed by atoms with Crippen LogP contribution in [0.25, 0.3) is 0 Å². The van der Waals surface area contributed by atoms with Gasteiger partial charge in [0.05, 0.1) is 0 Å². The smallest absolute Gasteiger partial charge is 0.316 e. The molecule has 0 saturated heterocycles. The second-order valence-corrected chi connectivity index (χ2v) is 7.55. The van der Waals surface area contributed by atoms with Gasteiger partial charge < -0.3 is 15.3 Å². The van der Waals surface area contributed by atoms with Crippen LogP contribution in [0.5, 0.6) is 0 Å². The molecule has 1 heterocycles. The fraction of sp³-hybridized carbons (Fsp3) is 0.600. The molecular formula is C20H28N2O3. The molecule has 0 atom stereocenters. The summed E-state index contributed by atoms with van der Waals surface area (Å²) in [7, 11) is 0. The monoisotopic (exact) mass is 344 g/mol. The van der Waals surface area contributed by atoms with Gasteiger partial charge in [0.2, 0.25) is 0 Å². The number of fused-ring (bicyclic) bond motifs is 2. The molecule has 3 rings (SSSR count). The van der Waals surface area contributed by atoms with E-state index in [9.17, 15) is 14.7 Å². The molecule has 2 N–H and O–H groups in total. The van der Waals surface area contributed by atoms with Gasteiger partial charge in [-0.2, -0.15) is 0 Å². The molecule has 5 nitrogen and oxygen atoms in total. The molecule has 25 heavy (non-hydrogen) atoms. The molecule has 1 spiro atoms. The van der Waals surface area contributed by atoms with Crippen molar-refractivity contribution < 1.29 is 14.7 Å². The van der Waals surface area contributed by atoms with Crippen LogP contribution in [-0.2, 0) is 15.0 Å². The average Bonchev–Trinajstić information content (AvgIpc) is 3.35. The Kier molecular flexibility index (Phi) is 4.87. The van der Waals surface area contributed by atoms with Crippen LogP contribution in [0, 0.1) is 5.41 Å². The predicted molar refractivity (Wildman–Crippen MR) is 97.4 cm³/mol. The largest absolute Gasteiger partial charge is 0.396 e. The van der Waals surface area contributed by atoms with Crippen molar-refractivity contribution in [3.8, 4) is 0 Å². The average molecular weight is 344 g/mol. The van der Waals surface area contributed by atoms with Crippen molar-refractivity contribution in [1.82, 2.24) is 5.32 Å². The molecule has 1 aliphatic carbocycles. The third-order valence-corrected chi connectivity index (χ3v) is 6.29. The minimum absolute atomic E-state index is 0.0834. The highest BCUT2D eigenvalue weighted by atomic mass is 16.3. The molecular weight excluding hydrogens is 316 g/mol. The maximum atomic E-state index is 12.7. The van der Waals surface area contributed by atoms with Gasteiger partial charge in [0, 0.05) is 30.8 Å². The third kappa shape index (κ3) is 3.17. The Balaban J connectivity index is 1.69. The Hall–Kier alpha value is -1.88. The quantitative estimate of drug-likeness (QED) is 0.779. The number of para-hydroxylation sites is 1. The van der Waals surface area contributed by atoms with E-state index in [1.165, 1.54) is 5.56 Å². The lowest BCUT2D eigenvalue weighted by Gasteiger charge is -2.31. The van der Waals surface area contributed by atoms with E-state index < -0.39 is 11.8 Å². The van der Waals surface area contributed by atoms with Crippen molar-refractivity contribution in [2.45, 2.75) is 51.4 Å². The van der Waals surface area contributed by atoms with Crippen LogP contribution >= 0.6 is 0 Å². The minimum Gasteiger partial charge on any atom is -0.396 e. The van der Waals surface area contributed by atoms with E-state index in [4.69, 9.17) is 0 Å². The topological polar surface area (TPSA) is 69.6 Å². The number of rotatable bonds is 6. The number of amides is 2. The Labute approximate surface area is 149 Å². The summed E-state index contributed by atoms with van der Waals surface area (Å²) in [5.74, 6) is -1.02. The van der Waals surface area contributed by atoms with Crippen molar-refractivity contribution in [3.63, 3.8) is 0 Å². The SMILES string of the molecule is CCC(CC)(CCO)CNC(=O)C(=O)N1CC2(CC2)c2ccccc21. The van der Waals surface area contributed by atoms with Crippen LogP contribution in [0.15, 0.2) is 24.3 Å². The minimum atomic E-state index is -0.545. The molecule has 1 fully saturated rings. The molecule has 0 bridgehead atoms. The zero-order valence-corrected chi connectivity index (χ0v) is 15.2. The van der Waals surface area contributed by atoms with Gasteiger partial charge in [-0.1, -0.05) is 32.0 Å². The summed E-state index contributed by atoms with van der Waals surface area (Å²) in [6.45, 7) is 5.24. The highest BCUT2D eigenvalue weighted by molar-refractivity contribution is 6.40. The Morgan fingerprint density at radius 3 is 2.52 bits per heavy atom. The molecule has 5 heteroatoms. The molecule has 1 saturated carbocycles. The molecule has 1 aromatic carbocycles. The third-order valence-electron chi connectivity index (χ3n) is 6.29. The van der Waals surface area contributed by atoms with Crippen LogP contribution < -0.4 is 10.2 Å². The molecule has 0 radical (unpaired) electrons. The molecule has 1 aliphatic heterocycles. The molecule has 0 aromatic heterocycles. The second-order valence-electron chi connectivity index (χ2n) is 7.55. The van der Waals surface area contributed by atoms with E-state index in [1.807, 2.05) is 18.2 Å². The first-order valence-electron chi connectivity index (χ1n) is 9.31. The molecule has 136 valence electrons. The van der Waals surface area contributed by atoms with Crippen molar-refractivity contribution in [2.75, 3.05) is 24.6 Å². The normalized spacial score (nSPS) is 17.5. The fourth-order valence-corrected chi connectivity index (χ4v) is 4.04. The van der Waals surface area contributed by atoms with E-state index in [2.05, 4.69) is 25.2 Å². The van der Waals surface area contributed by atoms with Crippen molar-refractivity contribution in [1.29, 1.82) is 0 Å². The number of hydrogen-bond acceptors (Lipinski definition) is 3. The second kappa shape index (κ2) is 6.79. The van der Waals surface area contributed by atoms with Gasteiger partial charge >= 0.3 is 11.8 Å². The summed E-state index contributed by atoms with van der Waals surface area (Å²) < 4.78 is 0. The Bertz CT molecular complexity index is 663. The number of aliphatic hydroxyl groups is 1. The maximum absolute atomic E-state index is 12.7. The maximum Gasteiger partial charge on any atom is 0.316 e. The van der Waals surface area contributed by atoms with Crippen LogP contribution in [-0.4, -0.2) is 36.6 Å². The first-order valence-corrected chi connectivity index (χ1v) is 9.31. The van der Waals surface area contributed by atoms with Crippen LogP contribution in [0.4, 0.5) is 5.69 Å². The lowest BCUT2D eigenvalue weighted by atomic mass is 9.79. The van der Waals surface area contributed by atoms with Crippen LogP contribution in [0.1, 0.15) is 51.5 Å². The highest BCUT2D eigenvalue weighted by Gasteiger charge is 2.53. The van der Waals surface area contributed by atoms with Gasteiger partial charge in [-0.05, 0) is 49.1 Å². The molecule has 1 aromatic rings. The fourth-order valence-electron chi connectivity index (χ4n) is 4.04. The van der Waals surface area contributed by atoms with E-state index in [0.717, 1.165) is 31.4 Å². The highest BCUT2D eigenvalue weighted by Crippen LogP contribution is 2.56. The first-order chi connectivity index (χ1) is 12.0. The predicted octanol–water partition coefficient (Wildman–Crippen LogP) is 2.37. The molecule has 2 aliphatic rings. The van der Waals surface area contributed by atoms with Gasteiger partial charge in [0.25, 0.3) is 0 Å². The van der Waals surface area contributed by atoms with Gasteiger partial charge in [-0.25, -0.2) is 0 Å². The van der Waals surface area contributed by atoms with Crippen LogP contribution in [0.2, 0.25) is 0 Å². The summed E-state index contributed by atoms with van der Waals surface area (Å²) in [5, 5.41) is 12.1. The van der Waals surface area contributed by atoms with Crippen molar-refractivity contribution in [3.05, 3.63) is 29.8 Å². The zero-order valence-electron chi connectivity index (χ0n) is 15.2. The summed E-state index contributed by atoms with van der Waals surface area (Å²) in [4.78, 5) is 26.9. The number of carbonyl (C=O) groups is 2. The van der Waals surface area contributed by atoms with E-state index in [-0.39, 0.29) is 17.4 Å².